The summed E-state index contributed by atoms with van der Waals surface area (Å²) in [5.74, 6) is 0.529. The van der Waals surface area contributed by atoms with Gasteiger partial charge in [0, 0.05) is 5.92 Å². The Balaban J connectivity index is 1.88. The predicted molar refractivity (Wildman–Crippen MR) is 57.7 cm³/mol. The zero-order valence-electron chi connectivity index (χ0n) is 9.05. The molecule has 1 saturated carbocycles. The van der Waals surface area contributed by atoms with Crippen molar-refractivity contribution in [2.24, 2.45) is 11.8 Å². The van der Waals surface area contributed by atoms with Crippen molar-refractivity contribution in [3.8, 4) is 11.5 Å². The fraction of sp³-hybridized carbons (Fsp3) is 0.417. The van der Waals surface area contributed by atoms with Gasteiger partial charge in [0.2, 0.25) is 0 Å². The number of hydrogen-bond donors (Lipinski definition) is 1. The molecule has 1 N–H and O–H groups in total. The Morgan fingerprint density at radius 1 is 1.44 bits per heavy atom. The third kappa shape index (κ3) is 2.27. The highest BCUT2D eigenvalue weighted by Gasteiger charge is 2.43. The van der Waals surface area contributed by atoms with Crippen LogP contribution < -0.4 is 9.47 Å². The summed E-state index contributed by atoms with van der Waals surface area (Å²) >= 11 is 0. The second-order valence-corrected chi connectivity index (χ2v) is 3.90. The van der Waals surface area contributed by atoms with Gasteiger partial charge in [-0.1, -0.05) is 12.1 Å². The highest BCUT2D eigenvalue weighted by atomic mass is 16.5. The molecule has 1 aliphatic carbocycles. The molecular weight excluding hydrogens is 208 g/mol. The van der Waals surface area contributed by atoms with E-state index in [9.17, 15) is 4.79 Å². The van der Waals surface area contributed by atoms with Gasteiger partial charge in [-0.15, -0.1) is 0 Å². The third-order valence-electron chi connectivity index (χ3n) is 2.76. The summed E-state index contributed by atoms with van der Waals surface area (Å²) in [7, 11) is 1.58. The van der Waals surface area contributed by atoms with Crippen molar-refractivity contribution in [3.05, 3.63) is 24.3 Å². The summed E-state index contributed by atoms with van der Waals surface area (Å²) in [6.07, 6.45) is 0.713. The average molecular weight is 222 g/mol. The molecule has 86 valence electrons. The molecule has 4 nitrogen and oxygen atoms in total. The number of carbonyl (C=O) groups is 1. The molecule has 2 atom stereocenters. The van der Waals surface area contributed by atoms with Crippen molar-refractivity contribution in [2.75, 3.05) is 13.7 Å². The highest BCUT2D eigenvalue weighted by Crippen LogP contribution is 2.39. The average Bonchev–Trinajstić information content (AvgIpc) is 3.06. The Labute approximate surface area is 93.8 Å². The number of methoxy groups -OCH3 is 1. The van der Waals surface area contributed by atoms with E-state index >= 15 is 0 Å². The number of benzene rings is 1. The number of carboxylic acids is 1. The van der Waals surface area contributed by atoms with Gasteiger partial charge >= 0.3 is 5.97 Å². The molecule has 2 rings (SSSR count). The number of rotatable bonds is 5. The summed E-state index contributed by atoms with van der Waals surface area (Å²) in [6.45, 7) is 0.442. The zero-order chi connectivity index (χ0) is 11.5. The molecule has 4 heteroatoms. The number of ether oxygens (including phenoxy) is 2. The van der Waals surface area contributed by atoms with Gasteiger partial charge in [-0.3, -0.25) is 4.79 Å². The lowest BCUT2D eigenvalue weighted by atomic mass is 10.3. The highest BCUT2D eigenvalue weighted by molar-refractivity contribution is 5.73. The lowest BCUT2D eigenvalue weighted by Gasteiger charge is -2.09. The SMILES string of the molecule is COc1ccccc1OCC1CC1C(=O)O. The Morgan fingerprint density at radius 2 is 2.12 bits per heavy atom. The van der Waals surface area contributed by atoms with Crippen molar-refractivity contribution in [2.45, 2.75) is 6.42 Å². The standard InChI is InChI=1S/C12H14O4/c1-15-10-4-2-3-5-11(10)16-7-8-6-9(8)12(13)14/h2-5,8-9H,6-7H2,1H3,(H,13,14). The quantitative estimate of drug-likeness (QED) is 0.825. The normalized spacial score (nSPS) is 22.6. The molecule has 16 heavy (non-hydrogen) atoms. The minimum absolute atomic E-state index is 0.141. The fourth-order valence-electron chi connectivity index (χ4n) is 1.67. The lowest BCUT2D eigenvalue weighted by molar-refractivity contribution is -0.138. The number of hydrogen-bond acceptors (Lipinski definition) is 3. The van der Waals surface area contributed by atoms with Crippen molar-refractivity contribution in [1.82, 2.24) is 0 Å². The molecule has 0 spiro atoms. The Bertz CT molecular complexity index is 388. The van der Waals surface area contributed by atoms with Crippen LogP contribution in [0.1, 0.15) is 6.42 Å². The fourth-order valence-corrected chi connectivity index (χ4v) is 1.67. The minimum Gasteiger partial charge on any atom is -0.493 e. The first kappa shape index (κ1) is 10.8. The van der Waals surface area contributed by atoms with Crippen LogP contribution in [0.25, 0.3) is 0 Å². The van der Waals surface area contributed by atoms with Crippen LogP contribution in [0.5, 0.6) is 11.5 Å². The number of aliphatic carboxylic acids is 1. The van der Waals surface area contributed by atoms with Crippen molar-refractivity contribution in [3.63, 3.8) is 0 Å². The largest absolute Gasteiger partial charge is 0.493 e. The van der Waals surface area contributed by atoms with E-state index in [0.29, 0.717) is 24.5 Å². The van der Waals surface area contributed by atoms with Crippen LogP contribution in [0.4, 0.5) is 0 Å². The number of para-hydroxylation sites is 2. The maximum atomic E-state index is 10.6. The summed E-state index contributed by atoms with van der Waals surface area (Å²) in [5, 5.41) is 8.74. The third-order valence-corrected chi connectivity index (χ3v) is 2.76. The van der Waals surface area contributed by atoms with E-state index in [-0.39, 0.29) is 11.8 Å². The molecule has 2 unspecified atom stereocenters. The van der Waals surface area contributed by atoms with Gasteiger partial charge in [0.15, 0.2) is 11.5 Å². The molecule has 1 aromatic carbocycles. The molecular formula is C12H14O4. The van der Waals surface area contributed by atoms with Crippen LogP contribution in [-0.4, -0.2) is 24.8 Å². The molecule has 0 heterocycles. The summed E-state index contributed by atoms with van der Waals surface area (Å²) in [6, 6.07) is 7.36. The Kier molecular flexibility index (Phi) is 2.99. The number of carboxylic acid groups (broad SMARTS) is 1. The summed E-state index contributed by atoms with van der Waals surface area (Å²) < 4.78 is 10.7. The second kappa shape index (κ2) is 4.43. The van der Waals surface area contributed by atoms with Crippen LogP contribution in [0.15, 0.2) is 24.3 Å². The van der Waals surface area contributed by atoms with Crippen LogP contribution in [0.2, 0.25) is 0 Å². The zero-order valence-corrected chi connectivity index (χ0v) is 9.05. The molecule has 1 aliphatic rings. The first-order valence-corrected chi connectivity index (χ1v) is 5.21. The van der Waals surface area contributed by atoms with E-state index in [2.05, 4.69) is 0 Å². The van der Waals surface area contributed by atoms with Gasteiger partial charge in [0.05, 0.1) is 19.6 Å². The Morgan fingerprint density at radius 3 is 2.69 bits per heavy atom. The molecule has 0 amide bonds. The smallest absolute Gasteiger partial charge is 0.306 e. The van der Waals surface area contributed by atoms with Gasteiger partial charge in [0.1, 0.15) is 0 Å². The maximum absolute atomic E-state index is 10.6. The maximum Gasteiger partial charge on any atom is 0.306 e. The monoisotopic (exact) mass is 222 g/mol. The van der Waals surface area contributed by atoms with Gasteiger partial charge in [-0.2, -0.15) is 0 Å². The molecule has 0 saturated heterocycles. The van der Waals surface area contributed by atoms with E-state index in [1.54, 1.807) is 7.11 Å². The van der Waals surface area contributed by atoms with E-state index in [1.807, 2.05) is 24.3 Å². The van der Waals surface area contributed by atoms with Gasteiger partial charge < -0.3 is 14.6 Å². The lowest BCUT2D eigenvalue weighted by Crippen LogP contribution is -2.06. The van der Waals surface area contributed by atoms with Gasteiger partial charge in [0.25, 0.3) is 0 Å². The molecule has 1 aromatic rings. The van der Waals surface area contributed by atoms with Gasteiger partial charge in [-0.25, -0.2) is 0 Å². The minimum atomic E-state index is -0.728. The first-order valence-electron chi connectivity index (χ1n) is 5.21. The topological polar surface area (TPSA) is 55.8 Å². The molecule has 0 radical (unpaired) electrons. The molecule has 1 fully saturated rings. The van der Waals surface area contributed by atoms with Crippen molar-refractivity contribution >= 4 is 5.97 Å². The molecule has 0 bridgehead atoms. The van der Waals surface area contributed by atoms with E-state index in [0.717, 1.165) is 0 Å². The predicted octanol–water partition coefficient (Wildman–Crippen LogP) is 1.79. The van der Waals surface area contributed by atoms with Crippen LogP contribution in [0.3, 0.4) is 0 Å². The van der Waals surface area contributed by atoms with E-state index in [1.165, 1.54) is 0 Å². The Hall–Kier alpha value is -1.71. The van der Waals surface area contributed by atoms with Crippen molar-refractivity contribution < 1.29 is 19.4 Å². The van der Waals surface area contributed by atoms with Gasteiger partial charge in [-0.05, 0) is 18.6 Å². The summed E-state index contributed by atoms with van der Waals surface area (Å²) in [5.41, 5.74) is 0. The summed E-state index contributed by atoms with van der Waals surface area (Å²) in [4.78, 5) is 10.6. The van der Waals surface area contributed by atoms with E-state index < -0.39 is 5.97 Å². The molecule has 0 aliphatic heterocycles. The first-order chi connectivity index (χ1) is 7.72. The second-order valence-electron chi connectivity index (χ2n) is 3.90. The van der Waals surface area contributed by atoms with Crippen LogP contribution in [-0.2, 0) is 4.79 Å². The van der Waals surface area contributed by atoms with Crippen LogP contribution >= 0.6 is 0 Å². The molecule has 0 aromatic heterocycles. The van der Waals surface area contributed by atoms with Crippen molar-refractivity contribution in [1.29, 1.82) is 0 Å². The van der Waals surface area contributed by atoms with Crippen LogP contribution in [0, 0.1) is 11.8 Å². The van der Waals surface area contributed by atoms with E-state index in [4.69, 9.17) is 14.6 Å².